The Morgan fingerprint density at radius 2 is 1.63 bits per heavy atom. The van der Waals surface area contributed by atoms with E-state index in [2.05, 4.69) is 42.6 Å². The van der Waals surface area contributed by atoms with Gasteiger partial charge in [0.05, 0.1) is 0 Å². The number of hydrogen-bond acceptors (Lipinski definition) is 2. The topological polar surface area (TPSA) is 49.4 Å². The van der Waals surface area contributed by atoms with Crippen LogP contribution in [0.4, 0.5) is 0 Å². The molecule has 0 bridgehead atoms. The van der Waals surface area contributed by atoms with Crippen molar-refractivity contribution >= 4 is 11.8 Å². The molecule has 2 aromatic rings. The van der Waals surface area contributed by atoms with Gasteiger partial charge in [0.25, 0.3) is 0 Å². The highest BCUT2D eigenvalue weighted by Gasteiger charge is 2.29. The van der Waals surface area contributed by atoms with Gasteiger partial charge in [-0.2, -0.15) is 0 Å². The summed E-state index contributed by atoms with van der Waals surface area (Å²) in [6.07, 6.45) is 2.51. The Bertz CT molecular complexity index is 829. The maximum atomic E-state index is 13.3. The Morgan fingerprint density at radius 3 is 2.23 bits per heavy atom. The first-order chi connectivity index (χ1) is 14.3. The summed E-state index contributed by atoms with van der Waals surface area (Å²) >= 11 is 0. The molecule has 0 aliphatic carbocycles. The maximum Gasteiger partial charge on any atom is 0.243 e. The van der Waals surface area contributed by atoms with E-state index in [1.54, 1.807) is 4.90 Å². The third kappa shape index (κ3) is 7.01. The number of carbonyl (C=O) groups excluding carboxylic acids is 2. The van der Waals surface area contributed by atoms with Crippen molar-refractivity contribution in [1.29, 1.82) is 0 Å². The molecule has 2 rings (SSSR count). The van der Waals surface area contributed by atoms with Crippen LogP contribution in [0.25, 0.3) is 0 Å². The fraction of sp³-hybridized carbons (Fsp3) is 0.462. The van der Waals surface area contributed by atoms with Crippen molar-refractivity contribution in [3.63, 3.8) is 0 Å². The van der Waals surface area contributed by atoms with Crippen LogP contribution in [0.1, 0.15) is 62.3 Å². The predicted molar refractivity (Wildman–Crippen MR) is 123 cm³/mol. The number of aryl methyl sites for hydroxylation is 3. The number of hydrogen-bond donors (Lipinski definition) is 1. The lowest BCUT2D eigenvalue weighted by Gasteiger charge is -2.31. The molecule has 0 spiro atoms. The number of benzene rings is 2. The second-order valence-corrected chi connectivity index (χ2v) is 8.24. The normalized spacial score (nSPS) is 12.8. The fourth-order valence-electron chi connectivity index (χ4n) is 3.52. The van der Waals surface area contributed by atoms with Crippen molar-refractivity contribution in [2.45, 2.75) is 78.9 Å². The van der Waals surface area contributed by atoms with Gasteiger partial charge < -0.3 is 10.2 Å². The lowest BCUT2D eigenvalue weighted by Crippen LogP contribution is -2.50. The van der Waals surface area contributed by atoms with Gasteiger partial charge in [-0.05, 0) is 51.2 Å². The summed E-state index contributed by atoms with van der Waals surface area (Å²) in [6, 6.07) is 16.0. The minimum Gasteiger partial charge on any atom is -0.352 e. The minimum atomic E-state index is -0.468. The first-order valence-corrected chi connectivity index (χ1v) is 11.0. The van der Waals surface area contributed by atoms with Crippen LogP contribution in [0.3, 0.4) is 0 Å². The molecular formula is C26H36N2O2. The van der Waals surface area contributed by atoms with E-state index in [1.807, 2.05) is 45.9 Å². The van der Waals surface area contributed by atoms with Gasteiger partial charge in [-0.1, -0.05) is 73.5 Å². The number of nitrogens with zero attached hydrogens (tertiary/aromatic N) is 1. The van der Waals surface area contributed by atoms with Crippen LogP contribution in [0.2, 0.25) is 0 Å². The van der Waals surface area contributed by atoms with Gasteiger partial charge in [0.2, 0.25) is 11.8 Å². The second-order valence-electron chi connectivity index (χ2n) is 8.24. The van der Waals surface area contributed by atoms with Gasteiger partial charge in [-0.3, -0.25) is 9.59 Å². The Hall–Kier alpha value is -2.62. The van der Waals surface area contributed by atoms with E-state index in [1.165, 1.54) is 5.56 Å². The smallest absolute Gasteiger partial charge is 0.243 e. The quantitative estimate of drug-likeness (QED) is 0.604. The van der Waals surface area contributed by atoms with Crippen LogP contribution >= 0.6 is 0 Å². The summed E-state index contributed by atoms with van der Waals surface area (Å²) in [5.74, 6) is -0.0496. The number of amides is 2. The molecule has 162 valence electrons. The Balaban J connectivity index is 2.20. The molecule has 0 aliphatic rings. The SMILES string of the molecule is CC[C@H](C(=O)N[C@@H](C)CC)N(Cc1cccc(C)c1)C(=O)CCc1ccc(C)cc1. The molecule has 0 heterocycles. The zero-order valence-corrected chi connectivity index (χ0v) is 19.1. The standard InChI is InChI=1S/C26H36N2O2/c1-6-21(5)27-26(30)24(7-2)28(18-23-10-8-9-20(4)17-23)25(29)16-15-22-13-11-19(3)12-14-22/h8-14,17,21,24H,6-7,15-16,18H2,1-5H3,(H,27,30)/t21-,24+/m0/s1. The van der Waals surface area contributed by atoms with Crippen LogP contribution < -0.4 is 5.32 Å². The zero-order chi connectivity index (χ0) is 22.1. The van der Waals surface area contributed by atoms with E-state index in [0.29, 0.717) is 25.8 Å². The maximum absolute atomic E-state index is 13.3. The van der Waals surface area contributed by atoms with Crippen LogP contribution in [0.15, 0.2) is 48.5 Å². The average Bonchev–Trinajstić information content (AvgIpc) is 2.72. The van der Waals surface area contributed by atoms with Crippen LogP contribution in [0, 0.1) is 13.8 Å². The van der Waals surface area contributed by atoms with Crippen LogP contribution in [0.5, 0.6) is 0 Å². The number of carbonyl (C=O) groups is 2. The molecular weight excluding hydrogens is 372 g/mol. The summed E-state index contributed by atoms with van der Waals surface area (Å²) in [6.45, 7) is 10.6. The molecule has 0 fully saturated rings. The number of rotatable bonds is 10. The monoisotopic (exact) mass is 408 g/mol. The highest BCUT2D eigenvalue weighted by atomic mass is 16.2. The van der Waals surface area contributed by atoms with Crippen molar-refractivity contribution in [3.8, 4) is 0 Å². The van der Waals surface area contributed by atoms with Crippen molar-refractivity contribution in [3.05, 3.63) is 70.8 Å². The first-order valence-electron chi connectivity index (χ1n) is 11.0. The molecule has 0 aromatic heterocycles. The van der Waals surface area contributed by atoms with E-state index in [0.717, 1.165) is 23.1 Å². The van der Waals surface area contributed by atoms with E-state index in [-0.39, 0.29) is 17.9 Å². The largest absolute Gasteiger partial charge is 0.352 e. The van der Waals surface area contributed by atoms with Crippen molar-refractivity contribution in [2.75, 3.05) is 0 Å². The van der Waals surface area contributed by atoms with Gasteiger partial charge in [-0.25, -0.2) is 0 Å². The highest BCUT2D eigenvalue weighted by molar-refractivity contribution is 5.87. The van der Waals surface area contributed by atoms with E-state index < -0.39 is 6.04 Å². The lowest BCUT2D eigenvalue weighted by molar-refractivity contribution is -0.141. The van der Waals surface area contributed by atoms with Gasteiger partial charge in [0, 0.05) is 19.0 Å². The fourth-order valence-corrected chi connectivity index (χ4v) is 3.52. The Kier molecular flexibility index (Phi) is 9.10. The lowest BCUT2D eigenvalue weighted by atomic mass is 10.0. The second kappa shape index (κ2) is 11.5. The van der Waals surface area contributed by atoms with Gasteiger partial charge in [0.1, 0.15) is 6.04 Å². The predicted octanol–water partition coefficient (Wildman–Crippen LogP) is 4.96. The van der Waals surface area contributed by atoms with Gasteiger partial charge >= 0.3 is 0 Å². The van der Waals surface area contributed by atoms with E-state index in [4.69, 9.17) is 0 Å². The third-order valence-corrected chi connectivity index (χ3v) is 5.57. The van der Waals surface area contributed by atoms with E-state index >= 15 is 0 Å². The molecule has 0 saturated carbocycles. The molecule has 0 radical (unpaired) electrons. The summed E-state index contributed by atoms with van der Waals surface area (Å²) in [5, 5.41) is 3.06. The average molecular weight is 409 g/mol. The molecule has 2 atom stereocenters. The summed E-state index contributed by atoms with van der Waals surface area (Å²) in [7, 11) is 0. The van der Waals surface area contributed by atoms with Crippen LogP contribution in [-0.4, -0.2) is 28.8 Å². The third-order valence-electron chi connectivity index (χ3n) is 5.57. The van der Waals surface area contributed by atoms with Crippen molar-refractivity contribution in [1.82, 2.24) is 10.2 Å². The zero-order valence-electron chi connectivity index (χ0n) is 19.1. The summed E-state index contributed by atoms with van der Waals surface area (Å²) < 4.78 is 0. The molecule has 4 nitrogen and oxygen atoms in total. The van der Waals surface area contributed by atoms with E-state index in [9.17, 15) is 9.59 Å². The molecule has 2 aromatic carbocycles. The van der Waals surface area contributed by atoms with Crippen molar-refractivity contribution < 1.29 is 9.59 Å². The molecule has 0 saturated heterocycles. The Morgan fingerprint density at radius 1 is 0.933 bits per heavy atom. The summed E-state index contributed by atoms with van der Waals surface area (Å²) in [5.41, 5.74) is 4.55. The molecule has 0 unspecified atom stereocenters. The number of nitrogens with one attached hydrogen (secondary N) is 1. The molecule has 0 aliphatic heterocycles. The highest BCUT2D eigenvalue weighted by Crippen LogP contribution is 2.16. The molecule has 2 amide bonds. The Labute approximate surface area is 181 Å². The molecule has 1 N–H and O–H groups in total. The minimum absolute atomic E-state index is 0.0169. The van der Waals surface area contributed by atoms with Gasteiger partial charge in [-0.15, -0.1) is 0 Å². The van der Waals surface area contributed by atoms with Gasteiger partial charge in [0.15, 0.2) is 0 Å². The van der Waals surface area contributed by atoms with Crippen LogP contribution in [-0.2, 0) is 22.6 Å². The molecule has 4 heteroatoms. The van der Waals surface area contributed by atoms with Crippen molar-refractivity contribution in [2.24, 2.45) is 0 Å². The molecule has 30 heavy (non-hydrogen) atoms. The first kappa shape index (κ1) is 23.7. The summed E-state index contributed by atoms with van der Waals surface area (Å²) in [4.78, 5) is 28.0.